The van der Waals surface area contributed by atoms with Crippen molar-refractivity contribution in [3.63, 3.8) is 0 Å². The molecule has 0 aromatic heterocycles. The number of benzene rings is 4. The van der Waals surface area contributed by atoms with E-state index in [1.165, 1.54) is 0 Å². The van der Waals surface area contributed by atoms with Crippen molar-refractivity contribution in [2.75, 3.05) is 19.6 Å². The molecule has 2 aliphatic heterocycles. The van der Waals surface area contributed by atoms with Gasteiger partial charge < -0.3 is 20.9 Å². The van der Waals surface area contributed by atoms with Crippen LogP contribution in [-0.4, -0.2) is 54.3 Å². The van der Waals surface area contributed by atoms with Gasteiger partial charge in [-0.1, -0.05) is 97.1 Å². The van der Waals surface area contributed by atoms with Gasteiger partial charge in [-0.05, 0) is 59.0 Å². The summed E-state index contributed by atoms with van der Waals surface area (Å²) < 4.78 is 0. The van der Waals surface area contributed by atoms with Crippen molar-refractivity contribution in [2.24, 2.45) is 5.92 Å². The number of nitrogens with zero attached hydrogens (tertiary/aromatic N) is 1. The summed E-state index contributed by atoms with van der Waals surface area (Å²) in [4.78, 5) is 42.0. The Morgan fingerprint density at radius 1 is 0.786 bits per heavy atom. The molecule has 0 bridgehead atoms. The Balaban J connectivity index is 1.22. The van der Waals surface area contributed by atoms with Crippen LogP contribution in [0.1, 0.15) is 24.0 Å². The molecular weight excluding hydrogens is 524 g/mol. The molecule has 7 heteroatoms. The quantitative estimate of drug-likeness (QED) is 0.303. The van der Waals surface area contributed by atoms with E-state index in [0.29, 0.717) is 6.42 Å². The Morgan fingerprint density at radius 2 is 1.45 bits per heavy atom. The first-order chi connectivity index (χ1) is 20.5. The Kier molecular flexibility index (Phi) is 8.28. The number of piperazine rings is 1. The van der Waals surface area contributed by atoms with Gasteiger partial charge in [0.15, 0.2) is 0 Å². The summed E-state index contributed by atoms with van der Waals surface area (Å²) in [5.41, 5.74) is 4.11. The van der Waals surface area contributed by atoms with Gasteiger partial charge in [0.25, 0.3) is 0 Å². The highest BCUT2D eigenvalue weighted by molar-refractivity contribution is 5.97. The fourth-order valence-corrected chi connectivity index (χ4v) is 6.01. The smallest absolute Gasteiger partial charge is 0.246 e. The molecule has 3 N–H and O–H groups in total. The molecule has 2 atom stereocenters. The number of piperidine rings is 1. The number of hydrogen-bond donors (Lipinski definition) is 3. The molecule has 0 radical (unpaired) electrons. The van der Waals surface area contributed by atoms with E-state index >= 15 is 0 Å². The topological polar surface area (TPSA) is 90.5 Å². The summed E-state index contributed by atoms with van der Waals surface area (Å²) in [6, 6.07) is 31.0. The van der Waals surface area contributed by atoms with Gasteiger partial charge in [-0.2, -0.15) is 0 Å². The van der Waals surface area contributed by atoms with Gasteiger partial charge in [-0.3, -0.25) is 14.4 Å². The number of carbonyl (C=O) groups excluding carboxylic acids is 3. The summed E-state index contributed by atoms with van der Waals surface area (Å²) in [5.74, 6) is -0.515. The molecule has 0 spiro atoms. The van der Waals surface area contributed by atoms with Gasteiger partial charge in [-0.15, -0.1) is 0 Å². The zero-order valence-electron chi connectivity index (χ0n) is 23.6. The standard InChI is InChI=1S/C35H36N4O3/c40-33(29-16-18-36-19-17-29)37-22-32-34(41)38-31(21-25-12-15-27-8-4-5-9-30(27)20-25)35(42)39(32)23-24-10-13-28(14-11-24)26-6-2-1-3-7-26/h1-15,20,29,31-32,36H,16-19,21-23H2,(H,37,40)(H,38,41)/t31-,32-/m0/s1. The van der Waals surface area contributed by atoms with Crippen LogP contribution in [0.4, 0.5) is 0 Å². The number of nitrogens with one attached hydrogen (secondary N) is 3. The van der Waals surface area contributed by atoms with Crippen molar-refractivity contribution in [2.45, 2.75) is 37.9 Å². The molecule has 7 nitrogen and oxygen atoms in total. The molecule has 2 heterocycles. The van der Waals surface area contributed by atoms with Crippen LogP contribution < -0.4 is 16.0 Å². The van der Waals surface area contributed by atoms with Crippen molar-refractivity contribution in [3.05, 3.63) is 108 Å². The Morgan fingerprint density at radius 3 is 2.21 bits per heavy atom. The third kappa shape index (κ3) is 6.21. The van der Waals surface area contributed by atoms with E-state index in [1.54, 1.807) is 4.90 Å². The second-order valence-corrected chi connectivity index (χ2v) is 11.3. The van der Waals surface area contributed by atoms with E-state index in [0.717, 1.165) is 59.0 Å². The lowest BCUT2D eigenvalue weighted by atomic mass is 9.96. The summed E-state index contributed by atoms with van der Waals surface area (Å²) in [6.07, 6.45) is 1.94. The number of carbonyl (C=O) groups is 3. The Hall–Kier alpha value is -4.49. The minimum Gasteiger partial charge on any atom is -0.353 e. The molecule has 2 aliphatic rings. The molecular formula is C35H36N4O3. The zero-order valence-corrected chi connectivity index (χ0v) is 23.6. The van der Waals surface area contributed by atoms with Gasteiger partial charge in [-0.25, -0.2) is 0 Å². The lowest BCUT2D eigenvalue weighted by molar-refractivity contribution is -0.150. The summed E-state index contributed by atoms with van der Waals surface area (Å²) in [6.45, 7) is 1.98. The average Bonchev–Trinajstić information content (AvgIpc) is 3.04. The van der Waals surface area contributed by atoms with Crippen LogP contribution in [0.5, 0.6) is 0 Å². The van der Waals surface area contributed by atoms with Gasteiger partial charge in [0.2, 0.25) is 17.7 Å². The number of rotatable bonds is 8. The minimum absolute atomic E-state index is 0.0535. The molecule has 0 saturated carbocycles. The molecule has 0 aliphatic carbocycles. The second kappa shape index (κ2) is 12.6. The normalized spacial score (nSPS) is 19.5. The van der Waals surface area contributed by atoms with Crippen molar-refractivity contribution < 1.29 is 14.4 Å². The van der Waals surface area contributed by atoms with Gasteiger partial charge >= 0.3 is 0 Å². The third-order valence-electron chi connectivity index (χ3n) is 8.42. The molecule has 3 amide bonds. The maximum absolute atomic E-state index is 14.0. The summed E-state index contributed by atoms with van der Waals surface area (Å²) >= 11 is 0. The third-order valence-corrected chi connectivity index (χ3v) is 8.42. The molecule has 0 unspecified atom stereocenters. The largest absolute Gasteiger partial charge is 0.353 e. The van der Waals surface area contributed by atoms with Crippen LogP contribution in [-0.2, 0) is 27.3 Å². The van der Waals surface area contributed by atoms with Crippen LogP contribution in [0.2, 0.25) is 0 Å². The molecule has 4 aromatic rings. The Labute approximate surface area is 246 Å². The van der Waals surface area contributed by atoms with Gasteiger partial charge in [0.05, 0.1) is 0 Å². The van der Waals surface area contributed by atoms with Crippen molar-refractivity contribution in [1.29, 1.82) is 0 Å². The highest BCUT2D eigenvalue weighted by Crippen LogP contribution is 2.23. The van der Waals surface area contributed by atoms with E-state index in [1.807, 2.05) is 72.8 Å². The van der Waals surface area contributed by atoms with Crippen LogP contribution in [0.3, 0.4) is 0 Å². The number of fused-ring (bicyclic) bond motifs is 1. The first kappa shape index (κ1) is 27.7. The maximum Gasteiger partial charge on any atom is 0.246 e. The molecule has 214 valence electrons. The maximum atomic E-state index is 14.0. The van der Waals surface area contributed by atoms with Crippen molar-refractivity contribution >= 4 is 28.5 Å². The van der Waals surface area contributed by atoms with E-state index in [-0.39, 0.29) is 36.7 Å². The monoisotopic (exact) mass is 560 g/mol. The highest BCUT2D eigenvalue weighted by Gasteiger charge is 2.41. The van der Waals surface area contributed by atoms with Crippen LogP contribution in [0.15, 0.2) is 97.1 Å². The minimum atomic E-state index is -0.787. The van der Waals surface area contributed by atoms with Crippen LogP contribution >= 0.6 is 0 Å². The Bertz CT molecular complexity index is 1560. The van der Waals surface area contributed by atoms with E-state index < -0.39 is 12.1 Å². The van der Waals surface area contributed by atoms with E-state index in [2.05, 4.69) is 40.2 Å². The van der Waals surface area contributed by atoms with Crippen LogP contribution in [0, 0.1) is 5.92 Å². The van der Waals surface area contributed by atoms with Gasteiger partial charge in [0.1, 0.15) is 12.1 Å². The van der Waals surface area contributed by atoms with E-state index in [4.69, 9.17) is 0 Å². The van der Waals surface area contributed by atoms with Crippen molar-refractivity contribution in [1.82, 2.24) is 20.9 Å². The molecule has 6 rings (SSSR count). The number of hydrogen-bond acceptors (Lipinski definition) is 4. The fraction of sp³-hybridized carbons (Fsp3) is 0.286. The van der Waals surface area contributed by atoms with Crippen LogP contribution in [0.25, 0.3) is 21.9 Å². The lowest BCUT2D eigenvalue weighted by Crippen LogP contribution is -2.66. The first-order valence-electron chi connectivity index (χ1n) is 14.8. The summed E-state index contributed by atoms with van der Waals surface area (Å²) in [7, 11) is 0. The molecule has 4 aromatic carbocycles. The summed E-state index contributed by atoms with van der Waals surface area (Å²) in [5, 5.41) is 11.5. The molecule has 2 fully saturated rings. The number of amides is 3. The lowest BCUT2D eigenvalue weighted by Gasteiger charge is -2.39. The highest BCUT2D eigenvalue weighted by atomic mass is 16.2. The van der Waals surface area contributed by atoms with Crippen molar-refractivity contribution in [3.8, 4) is 11.1 Å². The fourth-order valence-electron chi connectivity index (χ4n) is 6.01. The predicted molar refractivity (Wildman–Crippen MR) is 164 cm³/mol. The average molecular weight is 561 g/mol. The predicted octanol–water partition coefficient (Wildman–Crippen LogP) is 4.06. The second-order valence-electron chi connectivity index (χ2n) is 11.3. The van der Waals surface area contributed by atoms with Gasteiger partial charge in [0, 0.05) is 25.4 Å². The molecule has 42 heavy (non-hydrogen) atoms. The van der Waals surface area contributed by atoms with E-state index in [9.17, 15) is 14.4 Å². The zero-order chi connectivity index (χ0) is 28.9. The first-order valence-corrected chi connectivity index (χ1v) is 14.8. The molecule has 2 saturated heterocycles. The SMILES string of the molecule is O=C(NC[C@H]1C(=O)N[C@@H](Cc2ccc3ccccc3c2)C(=O)N1Cc1ccc(-c2ccccc2)cc1)C1CCNCC1.